The van der Waals surface area contributed by atoms with Crippen LogP contribution < -0.4 is 5.73 Å². The van der Waals surface area contributed by atoms with Gasteiger partial charge < -0.3 is 10.8 Å². The number of benzene rings is 1. The maximum Gasteiger partial charge on any atom is 0.331 e. The molecule has 1 rings (SSSR count). The van der Waals surface area contributed by atoms with Crippen molar-refractivity contribution >= 4 is 17.7 Å². The summed E-state index contributed by atoms with van der Waals surface area (Å²) in [6, 6.07) is 4.11. The molecule has 0 fully saturated rings. The number of nitrogens with two attached hydrogens (primary N) is 1. The maximum absolute atomic E-state index is 13.2. The summed E-state index contributed by atoms with van der Waals surface area (Å²) in [5.74, 6) is -1.59. The first-order chi connectivity index (χ1) is 6.50. The van der Waals surface area contributed by atoms with Crippen LogP contribution >= 0.6 is 0 Å². The summed E-state index contributed by atoms with van der Waals surface area (Å²) < 4.78 is 13.2. The summed E-state index contributed by atoms with van der Waals surface area (Å²) in [5, 5.41) is 8.57. The highest BCUT2D eigenvalue weighted by Gasteiger charge is 2.03. The van der Waals surface area contributed by atoms with Crippen molar-refractivity contribution in [1.29, 1.82) is 0 Å². The van der Waals surface area contributed by atoms with Crippen LogP contribution in [0, 0.1) is 5.82 Å². The Kier molecular flexibility index (Phi) is 2.86. The Morgan fingerprint density at radius 1 is 1.57 bits per heavy atom. The first-order valence-electron chi connectivity index (χ1n) is 3.97. The van der Waals surface area contributed by atoms with E-state index < -0.39 is 11.8 Å². The number of anilines is 1. The van der Waals surface area contributed by atoms with Crippen LogP contribution in [0.2, 0.25) is 0 Å². The summed E-state index contributed by atoms with van der Waals surface area (Å²) in [6.45, 7) is 1.40. The van der Waals surface area contributed by atoms with Gasteiger partial charge in [0.15, 0.2) is 0 Å². The molecule has 0 saturated carbocycles. The van der Waals surface area contributed by atoms with Crippen molar-refractivity contribution in [1.82, 2.24) is 0 Å². The molecular formula is C10H10FNO2. The minimum Gasteiger partial charge on any atom is -0.478 e. The molecule has 1 aromatic rings. The Hall–Kier alpha value is -1.84. The molecule has 0 saturated heterocycles. The molecule has 0 aliphatic carbocycles. The van der Waals surface area contributed by atoms with E-state index >= 15 is 0 Å². The molecular weight excluding hydrogens is 185 g/mol. The van der Waals surface area contributed by atoms with Crippen LogP contribution in [0.3, 0.4) is 0 Å². The van der Waals surface area contributed by atoms with E-state index in [1.54, 1.807) is 0 Å². The predicted octanol–water partition coefficient (Wildman–Crippen LogP) is 1.90. The molecule has 74 valence electrons. The SMILES string of the molecule is CC(=Cc1ccc(N)cc1F)C(=O)O. The normalized spacial score (nSPS) is 11.4. The average Bonchev–Trinajstić information content (AvgIpc) is 2.09. The smallest absolute Gasteiger partial charge is 0.331 e. The zero-order valence-corrected chi connectivity index (χ0v) is 7.62. The van der Waals surface area contributed by atoms with E-state index in [2.05, 4.69) is 0 Å². The van der Waals surface area contributed by atoms with Gasteiger partial charge in [0, 0.05) is 16.8 Å². The van der Waals surface area contributed by atoms with E-state index in [4.69, 9.17) is 10.8 Å². The largest absolute Gasteiger partial charge is 0.478 e. The van der Waals surface area contributed by atoms with E-state index in [0.29, 0.717) is 5.69 Å². The van der Waals surface area contributed by atoms with Gasteiger partial charge in [0.2, 0.25) is 0 Å². The zero-order valence-electron chi connectivity index (χ0n) is 7.62. The lowest BCUT2D eigenvalue weighted by atomic mass is 10.1. The molecule has 0 radical (unpaired) electrons. The fourth-order valence-corrected chi connectivity index (χ4v) is 0.955. The molecule has 0 bridgehead atoms. The molecule has 0 aromatic heterocycles. The third-order valence-corrected chi connectivity index (χ3v) is 1.73. The summed E-state index contributed by atoms with van der Waals surface area (Å²) in [5.41, 5.74) is 5.95. The number of nitrogen functional groups attached to an aromatic ring is 1. The molecule has 0 atom stereocenters. The van der Waals surface area contributed by atoms with Crippen molar-refractivity contribution in [3.63, 3.8) is 0 Å². The average molecular weight is 195 g/mol. The Morgan fingerprint density at radius 2 is 2.21 bits per heavy atom. The van der Waals surface area contributed by atoms with Gasteiger partial charge in [-0.25, -0.2) is 9.18 Å². The van der Waals surface area contributed by atoms with Crippen molar-refractivity contribution in [2.24, 2.45) is 0 Å². The van der Waals surface area contributed by atoms with Gasteiger partial charge in [0.1, 0.15) is 5.82 Å². The lowest BCUT2D eigenvalue weighted by Crippen LogP contribution is -1.96. The molecule has 0 aliphatic heterocycles. The van der Waals surface area contributed by atoms with Gasteiger partial charge in [0.25, 0.3) is 0 Å². The fraction of sp³-hybridized carbons (Fsp3) is 0.100. The molecule has 4 heteroatoms. The first kappa shape index (κ1) is 10.2. The number of hydrogen-bond acceptors (Lipinski definition) is 2. The molecule has 0 aliphatic rings. The Morgan fingerprint density at radius 3 is 2.71 bits per heavy atom. The number of halogens is 1. The lowest BCUT2D eigenvalue weighted by molar-refractivity contribution is -0.132. The monoisotopic (exact) mass is 195 g/mol. The Labute approximate surface area is 80.7 Å². The fourth-order valence-electron chi connectivity index (χ4n) is 0.955. The molecule has 3 N–H and O–H groups in total. The summed E-state index contributed by atoms with van der Waals surface area (Å²) in [4.78, 5) is 10.5. The molecule has 3 nitrogen and oxygen atoms in total. The number of carboxylic acids is 1. The highest BCUT2D eigenvalue weighted by molar-refractivity contribution is 5.91. The van der Waals surface area contributed by atoms with Gasteiger partial charge in [0.05, 0.1) is 0 Å². The van der Waals surface area contributed by atoms with E-state index in [0.717, 1.165) is 6.07 Å². The van der Waals surface area contributed by atoms with E-state index in [-0.39, 0.29) is 11.1 Å². The van der Waals surface area contributed by atoms with Crippen LogP contribution in [-0.4, -0.2) is 11.1 Å². The van der Waals surface area contributed by atoms with Crippen molar-refractivity contribution in [3.8, 4) is 0 Å². The topological polar surface area (TPSA) is 63.3 Å². The minimum atomic E-state index is -1.07. The van der Waals surface area contributed by atoms with Gasteiger partial charge >= 0.3 is 5.97 Å². The van der Waals surface area contributed by atoms with Crippen molar-refractivity contribution < 1.29 is 14.3 Å². The van der Waals surface area contributed by atoms with Crippen LogP contribution in [0.15, 0.2) is 23.8 Å². The molecule has 0 heterocycles. The summed E-state index contributed by atoms with van der Waals surface area (Å²) in [7, 11) is 0. The van der Waals surface area contributed by atoms with Crippen molar-refractivity contribution in [2.45, 2.75) is 6.92 Å². The van der Waals surface area contributed by atoms with E-state index in [1.807, 2.05) is 0 Å². The zero-order chi connectivity index (χ0) is 10.7. The van der Waals surface area contributed by atoms with Crippen molar-refractivity contribution in [2.75, 3.05) is 5.73 Å². The summed E-state index contributed by atoms with van der Waals surface area (Å²) >= 11 is 0. The number of carbonyl (C=O) groups is 1. The predicted molar refractivity (Wildman–Crippen MR) is 52.1 cm³/mol. The third kappa shape index (κ3) is 2.32. The van der Waals surface area contributed by atoms with Gasteiger partial charge in [-0.3, -0.25) is 0 Å². The Balaban J connectivity index is 3.09. The minimum absolute atomic E-state index is 0.0775. The van der Waals surface area contributed by atoms with Crippen LogP contribution in [-0.2, 0) is 4.79 Å². The molecule has 1 aromatic carbocycles. The number of rotatable bonds is 2. The van der Waals surface area contributed by atoms with Crippen LogP contribution in [0.25, 0.3) is 6.08 Å². The van der Waals surface area contributed by atoms with Gasteiger partial charge in [-0.1, -0.05) is 0 Å². The second-order valence-corrected chi connectivity index (χ2v) is 2.91. The van der Waals surface area contributed by atoms with Gasteiger partial charge in [-0.05, 0) is 31.2 Å². The van der Waals surface area contributed by atoms with Crippen molar-refractivity contribution in [3.05, 3.63) is 35.2 Å². The molecule has 0 amide bonds. The molecule has 0 unspecified atom stereocenters. The van der Waals surface area contributed by atoms with E-state index in [9.17, 15) is 9.18 Å². The highest BCUT2D eigenvalue weighted by atomic mass is 19.1. The maximum atomic E-state index is 13.2. The lowest BCUT2D eigenvalue weighted by Gasteiger charge is -1.99. The van der Waals surface area contributed by atoms with Crippen LogP contribution in [0.1, 0.15) is 12.5 Å². The standard InChI is InChI=1S/C10H10FNO2/c1-6(10(13)14)4-7-2-3-8(12)5-9(7)11/h2-5H,12H2,1H3,(H,13,14). The second-order valence-electron chi connectivity index (χ2n) is 2.91. The van der Waals surface area contributed by atoms with Crippen LogP contribution in [0.4, 0.5) is 10.1 Å². The number of aliphatic carboxylic acids is 1. The van der Waals surface area contributed by atoms with Gasteiger partial charge in [-0.2, -0.15) is 0 Å². The van der Waals surface area contributed by atoms with Gasteiger partial charge in [-0.15, -0.1) is 0 Å². The first-order valence-corrected chi connectivity index (χ1v) is 3.97. The summed E-state index contributed by atoms with van der Waals surface area (Å²) in [6.07, 6.45) is 1.26. The van der Waals surface area contributed by atoms with Crippen LogP contribution in [0.5, 0.6) is 0 Å². The number of hydrogen-bond donors (Lipinski definition) is 2. The third-order valence-electron chi connectivity index (χ3n) is 1.73. The number of carboxylic acid groups (broad SMARTS) is 1. The second kappa shape index (κ2) is 3.91. The highest BCUT2D eigenvalue weighted by Crippen LogP contribution is 2.15. The Bertz CT molecular complexity index is 399. The molecule has 14 heavy (non-hydrogen) atoms. The molecule has 0 spiro atoms. The van der Waals surface area contributed by atoms with E-state index in [1.165, 1.54) is 25.1 Å². The quantitative estimate of drug-likeness (QED) is 0.559.